The number of carboxylic acids is 2. The summed E-state index contributed by atoms with van der Waals surface area (Å²) in [4.78, 5) is 21.8. The third kappa shape index (κ3) is 5.10. The molecule has 3 unspecified atom stereocenters. The minimum Gasteiger partial charge on any atom is -0.550 e. The van der Waals surface area contributed by atoms with Gasteiger partial charge in [0.05, 0.1) is 0 Å². The number of hydrogen-bond donors (Lipinski definition) is 0. The number of aliphatic carboxylic acids is 2. The maximum atomic E-state index is 11.0. The fraction of sp³-hybridized carbons (Fsp3) is 0.818. The molecule has 0 amide bonds. The molecule has 4 nitrogen and oxygen atoms in total. The number of carboxylic acid groups (broad SMARTS) is 2. The number of rotatable bonds is 4. The molecule has 0 bridgehead atoms. The van der Waals surface area contributed by atoms with Crippen LogP contribution in [0.2, 0.25) is 0 Å². The van der Waals surface area contributed by atoms with E-state index < -0.39 is 23.8 Å². The molecule has 0 radical (unpaired) electrons. The average molecular weight is 226 g/mol. The molecular formula is C11H16Li2O4. The van der Waals surface area contributed by atoms with E-state index >= 15 is 0 Å². The first-order valence-corrected chi connectivity index (χ1v) is 5.49. The van der Waals surface area contributed by atoms with Crippen LogP contribution in [-0.2, 0) is 9.59 Å². The van der Waals surface area contributed by atoms with Gasteiger partial charge >= 0.3 is 37.7 Å². The van der Waals surface area contributed by atoms with Crippen molar-refractivity contribution < 1.29 is 57.5 Å². The van der Waals surface area contributed by atoms with E-state index in [0.717, 1.165) is 25.7 Å². The summed E-state index contributed by atoms with van der Waals surface area (Å²) in [6, 6.07) is 0. The van der Waals surface area contributed by atoms with Crippen molar-refractivity contribution in [2.75, 3.05) is 0 Å². The summed E-state index contributed by atoms with van der Waals surface area (Å²) in [5, 5.41) is 21.8. The summed E-state index contributed by atoms with van der Waals surface area (Å²) < 4.78 is 0. The van der Waals surface area contributed by atoms with Crippen LogP contribution in [0.3, 0.4) is 0 Å². The third-order valence-corrected chi connectivity index (χ3v) is 3.27. The molecule has 1 aliphatic rings. The second kappa shape index (κ2) is 9.12. The van der Waals surface area contributed by atoms with Crippen LogP contribution in [0.15, 0.2) is 0 Å². The van der Waals surface area contributed by atoms with Crippen LogP contribution in [-0.4, -0.2) is 11.9 Å². The van der Waals surface area contributed by atoms with E-state index in [0.29, 0.717) is 6.42 Å². The molecule has 6 heteroatoms. The van der Waals surface area contributed by atoms with E-state index in [1.165, 1.54) is 0 Å². The van der Waals surface area contributed by atoms with Crippen LogP contribution in [0.5, 0.6) is 0 Å². The molecule has 1 saturated carbocycles. The zero-order valence-corrected chi connectivity index (χ0v) is 10.9. The molecular weight excluding hydrogens is 210 g/mol. The Labute approximate surface area is 126 Å². The topological polar surface area (TPSA) is 80.3 Å². The van der Waals surface area contributed by atoms with Crippen LogP contribution in [0.1, 0.15) is 39.0 Å². The SMILES string of the molecule is CCCC1CCCC(C(=O)[O-])C1C(=O)[O-].[Li+].[Li+]. The first kappa shape index (κ1) is 19.5. The van der Waals surface area contributed by atoms with Crippen molar-refractivity contribution >= 4 is 11.9 Å². The summed E-state index contributed by atoms with van der Waals surface area (Å²) in [6.45, 7) is 1.97. The van der Waals surface area contributed by atoms with Gasteiger partial charge < -0.3 is 19.8 Å². The van der Waals surface area contributed by atoms with E-state index in [2.05, 4.69) is 0 Å². The Morgan fingerprint density at radius 3 is 2.12 bits per heavy atom. The Balaban J connectivity index is 0. The normalized spacial score (nSPS) is 27.5. The predicted octanol–water partition coefficient (Wildman–Crippen LogP) is -6.67. The average Bonchev–Trinajstić information content (AvgIpc) is 2.17. The maximum Gasteiger partial charge on any atom is 1.00 e. The Morgan fingerprint density at radius 1 is 1.12 bits per heavy atom. The van der Waals surface area contributed by atoms with Crippen molar-refractivity contribution in [2.45, 2.75) is 39.0 Å². The van der Waals surface area contributed by atoms with Crippen molar-refractivity contribution in [1.29, 1.82) is 0 Å². The quantitative estimate of drug-likeness (QED) is 0.446. The molecule has 1 fully saturated rings. The van der Waals surface area contributed by atoms with Crippen molar-refractivity contribution in [3.63, 3.8) is 0 Å². The third-order valence-electron chi connectivity index (χ3n) is 3.27. The molecule has 86 valence electrons. The molecule has 0 aromatic heterocycles. The standard InChI is InChI=1S/C11H18O4.2Li/c1-2-4-7-5-3-6-8(10(12)13)9(7)11(14)15;;/h7-9H,2-6H2,1H3,(H,12,13)(H,14,15);;/q;2*+1/p-2. The molecule has 3 atom stereocenters. The Kier molecular flexibility index (Phi) is 10.4. The molecule has 0 N–H and O–H groups in total. The first-order chi connectivity index (χ1) is 7.07. The van der Waals surface area contributed by atoms with Crippen LogP contribution in [0.25, 0.3) is 0 Å². The van der Waals surface area contributed by atoms with Gasteiger partial charge in [-0.3, -0.25) is 0 Å². The van der Waals surface area contributed by atoms with Crippen molar-refractivity contribution in [2.24, 2.45) is 17.8 Å². The van der Waals surface area contributed by atoms with Gasteiger partial charge in [0.1, 0.15) is 0 Å². The molecule has 0 spiro atoms. The van der Waals surface area contributed by atoms with E-state index in [1.54, 1.807) is 0 Å². The number of carbonyl (C=O) groups is 2. The maximum absolute atomic E-state index is 11.0. The summed E-state index contributed by atoms with van der Waals surface area (Å²) in [5.41, 5.74) is 0. The van der Waals surface area contributed by atoms with Crippen LogP contribution >= 0.6 is 0 Å². The summed E-state index contributed by atoms with van der Waals surface area (Å²) in [5.74, 6) is -4.26. The van der Waals surface area contributed by atoms with Gasteiger partial charge in [0, 0.05) is 23.8 Å². The van der Waals surface area contributed by atoms with Crippen molar-refractivity contribution in [1.82, 2.24) is 0 Å². The molecule has 1 rings (SSSR count). The summed E-state index contributed by atoms with van der Waals surface area (Å²) in [7, 11) is 0. The van der Waals surface area contributed by atoms with Gasteiger partial charge in [-0.25, -0.2) is 0 Å². The van der Waals surface area contributed by atoms with Gasteiger partial charge in [-0.05, 0) is 18.8 Å². The molecule has 0 aliphatic heterocycles. The van der Waals surface area contributed by atoms with Gasteiger partial charge in [-0.15, -0.1) is 0 Å². The number of hydrogen-bond acceptors (Lipinski definition) is 4. The molecule has 17 heavy (non-hydrogen) atoms. The second-order valence-electron chi connectivity index (χ2n) is 4.25. The summed E-state index contributed by atoms with van der Waals surface area (Å²) >= 11 is 0. The minimum atomic E-state index is -1.25. The van der Waals surface area contributed by atoms with Crippen LogP contribution < -0.4 is 47.9 Å². The van der Waals surface area contributed by atoms with E-state index in [-0.39, 0.29) is 43.6 Å². The van der Waals surface area contributed by atoms with Gasteiger partial charge in [-0.2, -0.15) is 0 Å². The van der Waals surface area contributed by atoms with Gasteiger partial charge in [0.25, 0.3) is 0 Å². The second-order valence-corrected chi connectivity index (χ2v) is 4.25. The molecule has 0 aromatic carbocycles. The molecule has 0 heterocycles. The number of carbonyl (C=O) groups excluding carboxylic acids is 2. The fourth-order valence-corrected chi connectivity index (χ4v) is 2.60. The molecule has 1 aliphatic carbocycles. The van der Waals surface area contributed by atoms with Gasteiger partial charge in [0.15, 0.2) is 0 Å². The molecule has 0 aromatic rings. The van der Waals surface area contributed by atoms with Gasteiger partial charge in [-0.1, -0.05) is 26.2 Å². The van der Waals surface area contributed by atoms with Crippen molar-refractivity contribution in [3.05, 3.63) is 0 Å². The first-order valence-electron chi connectivity index (χ1n) is 5.49. The minimum absolute atomic E-state index is 0. The van der Waals surface area contributed by atoms with E-state index in [4.69, 9.17) is 0 Å². The Bertz CT molecular complexity index is 256. The zero-order chi connectivity index (χ0) is 11.4. The van der Waals surface area contributed by atoms with E-state index in [9.17, 15) is 19.8 Å². The van der Waals surface area contributed by atoms with Crippen LogP contribution in [0, 0.1) is 17.8 Å². The van der Waals surface area contributed by atoms with Crippen LogP contribution in [0.4, 0.5) is 0 Å². The fourth-order valence-electron chi connectivity index (χ4n) is 2.60. The smallest absolute Gasteiger partial charge is 0.550 e. The monoisotopic (exact) mass is 226 g/mol. The largest absolute Gasteiger partial charge is 1.00 e. The van der Waals surface area contributed by atoms with Crippen molar-refractivity contribution in [3.8, 4) is 0 Å². The predicted molar refractivity (Wildman–Crippen MR) is 49.2 cm³/mol. The van der Waals surface area contributed by atoms with Gasteiger partial charge in [0.2, 0.25) is 0 Å². The Morgan fingerprint density at radius 2 is 1.71 bits per heavy atom. The van der Waals surface area contributed by atoms with E-state index in [1.807, 2.05) is 6.92 Å². The molecule has 0 saturated heterocycles. The zero-order valence-electron chi connectivity index (χ0n) is 10.9. The Hall–Kier alpha value is 0.135. The summed E-state index contributed by atoms with van der Waals surface area (Å²) in [6.07, 6.45) is 3.58.